The van der Waals surface area contributed by atoms with Crippen molar-refractivity contribution in [2.75, 3.05) is 36.9 Å². The Balaban J connectivity index is 1.34. The van der Waals surface area contributed by atoms with E-state index in [0.717, 1.165) is 30.6 Å². The van der Waals surface area contributed by atoms with Crippen LogP contribution in [0.15, 0.2) is 47.6 Å². The highest BCUT2D eigenvalue weighted by molar-refractivity contribution is 5.94. The number of aromatic nitrogens is 1. The molecule has 0 radical (unpaired) electrons. The van der Waals surface area contributed by atoms with Gasteiger partial charge in [-0.3, -0.25) is 9.79 Å². The molecular formula is C22H28N6O. The standard InChI is InChI=1S/C22H28N6O/c1-23-22(25-14-16-8-9-24-20(12-16)28-10-4-5-11-28)26-15-17-13-21(29)27-19-7-3-2-6-18(17)19/h2-3,6-9,12,17H,4-5,10-11,13-15H2,1H3,(H,27,29)(H2,23,25,26). The van der Waals surface area contributed by atoms with Crippen LogP contribution < -0.4 is 20.9 Å². The van der Waals surface area contributed by atoms with Crippen molar-refractivity contribution in [3.63, 3.8) is 0 Å². The van der Waals surface area contributed by atoms with Gasteiger partial charge in [-0.2, -0.15) is 0 Å². The summed E-state index contributed by atoms with van der Waals surface area (Å²) in [5.41, 5.74) is 3.25. The molecule has 152 valence electrons. The smallest absolute Gasteiger partial charge is 0.225 e. The van der Waals surface area contributed by atoms with Crippen LogP contribution in [0.1, 0.15) is 36.3 Å². The zero-order chi connectivity index (χ0) is 20.1. The number of hydrogen-bond acceptors (Lipinski definition) is 4. The SMILES string of the molecule is CN=C(NCc1ccnc(N2CCCC2)c1)NCC1CC(=O)Nc2ccccc21. The van der Waals surface area contributed by atoms with Gasteiger partial charge in [-0.05, 0) is 42.2 Å². The number of pyridine rings is 1. The minimum atomic E-state index is 0.0599. The first-order valence-electron chi connectivity index (χ1n) is 10.3. The summed E-state index contributed by atoms with van der Waals surface area (Å²) in [6.45, 7) is 3.50. The van der Waals surface area contributed by atoms with E-state index in [1.807, 2.05) is 30.5 Å². The van der Waals surface area contributed by atoms with Crippen LogP contribution in [0.2, 0.25) is 0 Å². The Morgan fingerprint density at radius 3 is 2.90 bits per heavy atom. The highest BCUT2D eigenvalue weighted by Crippen LogP contribution is 2.31. The average Bonchev–Trinajstić information content (AvgIpc) is 3.29. The fourth-order valence-electron chi connectivity index (χ4n) is 4.00. The van der Waals surface area contributed by atoms with Gasteiger partial charge in [0.05, 0.1) is 0 Å². The van der Waals surface area contributed by atoms with Gasteiger partial charge in [-0.1, -0.05) is 18.2 Å². The summed E-state index contributed by atoms with van der Waals surface area (Å²) in [7, 11) is 1.76. The van der Waals surface area contributed by atoms with Gasteiger partial charge in [0.1, 0.15) is 5.82 Å². The van der Waals surface area contributed by atoms with Gasteiger partial charge >= 0.3 is 0 Å². The normalized spacial score (nSPS) is 18.9. The Bertz CT molecular complexity index is 890. The highest BCUT2D eigenvalue weighted by atomic mass is 16.1. The molecule has 1 atom stereocenters. The number of nitrogens with one attached hydrogen (secondary N) is 3. The van der Waals surface area contributed by atoms with Crippen LogP contribution in [-0.4, -0.2) is 43.5 Å². The second-order valence-electron chi connectivity index (χ2n) is 7.56. The van der Waals surface area contributed by atoms with Crippen LogP contribution in [0.5, 0.6) is 0 Å². The van der Waals surface area contributed by atoms with Gasteiger partial charge in [0, 0.05) is 57.4 Å². The number of fused-ring (bicyclic) bond motifs is 1. The average molecular weight is 393 g/mol. The van der Waals surface area contributed by atoms with Crippen LogP contribution in [0.4, 0.5) is 11.5 Å². The number of carbonyl (C=O) groups is 1. The molecule has 4 rings (SSSR count). The van der Waals surface area contributed by atoms with Crippen molar-refractivity contribution in [1.29, 1.82) is 0 Å². The molecule has 1 aromatic heterocycles. The maximum absolute atomic E-state index is 12.0. The monoisotopic (exact) mass is 392 g/mol. The molecular weight excluding hydrogens is 364 g/mol. The number of benzene rings is 1. The lowest BCUT2D eigenvalue weighted by Crippen LogP contribution is -2.40. The molecule has 1 fully saturated rings. The molecule has 2 aromatic rings. The van der Waals surface area contributed by atoms with Gasteiger partial charge in [0.25, 0.3) is 0 Å². The van der Waals surface area contributed by atoms with Gasteiger partial charge in [-0.15, -0.1) is 0 Å². The highest BCUT2D eigenvalue weighted by Gasteiger charge is 2.24. The van der Waals surface area contributed by atoms with E-state index >= 15 is 0 Å². The van der Waals surface area contributed by atoms with E-state index in [4.69, 9.17) is 0 Å². The molecule has 0 bridgehead atoms. The Morgan fingerprint density at radius 2 is 2.07 bits per heavy atom. The molecule has 0 spiro atoms. The lowest BCUT2D eigenvalue weighted by atomic mass is 9.90. The molecule has 7 nitrogen and oxygen atoms in total. The fraction of sp³-hybridized carbons (Fsp3) is 0.409. The van der Waals surface area contributed by atoms with Crippen LogP contribution in [0.25, 0.3) is 0 Å². The molecule has 1 saturated heterocycles. The molecule has 7 heteroatoms. The summed E-state index contributed by atoms with van der Waals surface area (Å²) < 4.78 is 0. The first kappa shape index (κ1) is 19.2. The molecule has 3 N–H and O–H groups in total. The van der Waals surface area contributed by atoms with Crippen molar-refractivity contribution in [2.45, 2.75) is 31.7 Å². The van der Waals surface area contributed by atoms with Crippen LogP contribution in [0.3, 0.4) is 0 Å². The van der Waals surface area contributed by atoms with Crippen LogP contribution in [-0.2, 0) is 11.3 Å². The van der Waals surface area contributed by atoms with Crippen LogP contribution in [0, 0.1) is 0 Å². The number of aliphatic imine (C=N–C) groups is 1. The summed E-state index contributed by atoms with van der Waals surface area (Å²) in [6.07, 6.45) is 4.83. The van der Waals surface area contributed by atoms with Crippen molar-refractivity contribution in [3.05, 3.63) is 53.7 Å². The molecule has 0 aliphatic carbocycles. The van der Waals surface area contributed by atoms with Crippen molar-refractivity contribution in [3.8, 4) is 0 Å². The summed E-state index contributed by atoms with van der Waals surface area (Å²) in [5, 5.41) is 9.69. The van der Waals surface area contributed by atoms with Crippen molar-refractivity contribution in [1.82, 2.24) is 15.6 Å². The zero-order valence-electron chi connectivity index (χ0n) is 16.8. The Kier molecular flexibility index (Phi) is 5.93. The zero-order valence-corrected chi connectivity index (χ0v) is 16.8. The number of anilines is 2. The number of para-hydroxylation sites is 1. The number of guanidine groups is 1. The lowest BCUT2D eigenvalue weighted by Gasteiger charge is -2.26. The molecule has 1 amide bonds. The van der Waals surface area contributed by atoms with Crippen molar-refractivity contribution < 1.29 is 4.79 Å². The third-order valence-corrected chi connectivity index (χ3v) is 5.55. The number of hydrogen-bond donors (Lipinski definition) is 3. The molecule has 1 aromatic carbocycles. The van der Waals surface area contributed by atoms with E-state index in [-0.39, 0.29) is 11.8 Å². The third kappa shape index (κ3) is 4.67. The minimum absolute atomic E-state index is 0.0599. The molecule has 2 aliphatic rings. The first-order chi connectivity index (χ1) is 14.2. The Labute approximate surface area is 171 Å². The second kappa shape index (κ2) is 8.94. The number of nitrogens with zero attached hydrogens (tertiary/aromatic N) is 3. The van der Waals surface area contributed by atoms with E-state index in [9.17, 15) is 4.79 Å². The molecule has 3 heterocycles. The number of amides is 1. The maximum atomic E-state index is 12.0. The van der Waals surface area contributed by atoms with E-state index in [1.165, 1.54) is 24.0 Å². The van der Waals surface area contributed by atoms with Gasteiger partial charge in [0.2, 0.25) is 5.91 Å². The van der Waals surface area contributed by atoms with E-state index in [0.29, 0.717) is 19.5 Å². The summed E-state index contributed by atoms with van der Waals surface area (Å²) in [4.78, 5) is 23.2. The maximum Gasteiger partial charge on any atom is 0.225 e. The number of rotatable bonds is 5. The summed E-state index contributed by atoms with van der Waals surface area (Å²) in [5.74, 6) is 1.97. The Morgan fingerprint density at radius 1 is 1.24 bits per heavy atom. The predicted molar refractivity (Wildman–Crippen MR) is 116 cm³/mol. The fourth-order valence-corrected chi connectivity index (χ4v) is 4.00. The van der Waals surface area contributed by atoms with E-state index < -0.39 is 0 Å². The quantitative estimate of drug-likeness (QED) is 0.538. The second-order valence-corrected chi connectivity index (χ2v) is 7.56. The van der Waals surface area contributed by atoms with E-state index in [2.05, 4.69) is 43.0 Å². The minimum Gasteiger partial charge on any atom is -0.357 e. The van der Waals surface area contributed by atoms with Gasteiger partial charge in [-0.25, -0.2) is 4.98 Å². The molecule has 29 heavy (non-hydrogen) atoms. The first-order valence-corrected chi connectivity index (χ1v) is 10.3. The van der Waals surface area contributed by atoms with E-state index in [1.54, 1.807) is 7.05 Å². The van der Waals surface area contributed by atoms with Gasteiger partial charge < -0.3 is 20.9 Å². The predicted octanol–water partition coefficient (Wildman–Crippen LogP) is 2.47. The molecule has 1 unspecified atom stereocenters. The van der Waals surface area contributed by atoms with Crippen molar-refractivity contribution >= 4 is 23.4 Å². The third-order valence-electron chi connectivity index (χ3n) is 5.55. The van der Waals surface area contributed by atoms with Gasteiger partial charge in [0.15, 0.2) is 5.96 Å². The largest absolute Gasteiger partial charge is 0.357 e. The number of carbonyl (C=O) groups excluding carboxylic acids is 1. The summed E-state index contributed by atoms with van der Waals surface area (Å²) >= 11 is 0. The van der Waals surface area contributed by atoms with Crippen molar-refractivity contribution in [2.24, 2.45) is 4.99 Å². The van der Waals surface area contributed by atoms with Crippen LogP contribution >= 0.6 is 0 Å². The lowest BCUT2D eigenvalue weighted by molar-refractivity contribution is -0.116. The summed E-state index contributed by atoms with van der Waals surface area (Å²) in [6, 6.07) is 12.2. The Hall–Kier alpha value is -3.09. The molecule has 0 saturated carbocycles. The topological polar surface area (TPSA) is 81.7 Å². The molecule has 2 aliphatic heterocycles.